The molecule has 0 saturated heterocycles. The fourth-order valence-corrected chi connectivity index (χ4v) is 12.8. The summed E-state index contributed by atoms with van der Waals surface area (Å²) in [5.41, 5.74) is 0. The number of unbranched alkanes of at least 4 members (excludes halogenated alkanes) is 40. The molecule has 0 heterocycles. The summed E-state index contributed by atoms with van der Waals surface area (Å²) in [5, 5.41) is 10.6. The predicted molar refractivity (Wildman–Crippen MR) is 391 cm³/mol. The van der Waals surface area contributed by atoms with Gasteiger partial charge >= 0.3 is 39.5 Å². The Morgan fingerprint density at radius 1 is 0.344 bits per heavy atom. The number of phosphoric acid groups is 2. The predicted octanol–water partition coefficient (Wildman–Crippen LogP) is 22.3. The van der Waals surface area contributed by atoms with Crippen LogP contribution < -0.4 is 0 Å². The van der Waals surface area contributed by atoms with Gasteiger partial charge in [0.1, 0.15) is 19.3 Å². The van der Waals surface area contributed by atoms with E-state index in [9.17, 15) is 43.2 Å². The van der Waals surface area contributed by atoms with E-state index in [1.54, 1.807) is 0 Å². The number of phosphoric ester groups is 2. The molecule has 566 valence electrons. The smallest absolute Gasteiger partial charge is 0.462 e. The highest BCUT2D eigenvalue weighted by Crippen LogP contribution is 2.45. The summed E-state index contributed by atoms with van der Waals surface area (Å²) >= 11 is 0. The topological polar surface area (TPSA) is 237 Å². The molecule has 0 radical (unpaired) electrons. The molecule has 0 aliphatic heterocycles. The summed E-state index contributed by atoms with van der Waals surface area (Å²) in [5.74, 6) is -0.538. The number of esters is 4. The molecule has 0 aromatic carbocycles. The van der Waals surface area contributed by atoms with E-state index in [-0.39, 0.29) is 25.7 Å². The van der Waals surface area contributed by atoms with Gasteiger partial charge in [0.15, 0.2) is 12.2 Å². The number of aliphatic hydroxyl groups is 1. The van der Waals surface area contributed by atoms with Crippen LogP contribution in [0.5, 0.6) is 0 Å². The van der Waals surface area contributed by atoms with E-state index in [0.717, 1.165) is 121 Å². The van der Waals surface area contributed by atoms with Crippen molar-refractivity contribution in [2.75, 3.05) is 39.6 Å². The van der Waals surface area contributed by atoms with E-state index >= 15 is 0 Å². The van der Waals surface area contributed by atoms with Gasteiger partial charge in [-0.15, -0.1) is 0 Å². The molecule has 19 heteroatoms. The first-order valence-electron chi connectivity index (χ1n) is 39.3. The Morgan fingerprint density at radius 2 is 0.615 bits per heavy atom. The highest BCUT2D eigenvalue weighted by molar-refractivity contribution is 7.47. The van der Waals surface area contributed by atoms with Gasteiger partial charge in [-0.25, -0.2) is 9.13 Å². The average Bonchev–Trinajstić information content (AvgIpc) is 1.45. The van der Waals surface area contributed by atoms with Crippen molar-refractivity contribution in [2.45, 2.75) is 394 Å². The molecule has 0 aliphatic carbocycles. The van der Waals surface area contributed by atoms with E-state index < -0.39 is 97.5 Å². The molecule has 0 saturated carbocycles. The molecule has 0 bridgehead atoms. The van der Waals surface area contributed by atoms with Crippen LogP contribution >= 0.6 is 15.6 Å². The number of carbonyl (C=O) groups is 4. The van der Waals surface area contributed by atoms with E-state index in [2.05, 4.69) is 65.8 Å². The average molecular weight is 1410 g/mol. The molecule has 0 aliphatic rings. The van der Waals surface area contributed by atoms with Gasteiger partial charge in [-0.1, -0.05) is 323 Å². The lowest BCUT2D eigenvalue weighted by Crippen LogP contribution is -2.30. The Kier molecular flexibility index (Phi) is 66.6. The molecule has 6 atom stereocenters. The van der Waals surface area contributed by atoms with Crippen molar-refractivity contribution in [1.29, 1.82) is 0 Å². The zero-order chi connectivity index (χ0) is 70.7. The van der Waals surface area contributed by atoms with E-state index in [1.165, 1.54) is 173 Å². The maximum Gasteiger partial charge on any atom is 0.472 e. The van der Waals surface area contributed by atoms with Crippen molar-refractivity contribution >= 4 is 39.5 Å². The molecular formula is C77H146O17P2. The first-order valence-corrected chi connectivity index (χ1v) is 42.3. The zero-order valence-electron chi connectivity index (χ0n) is 62.2. The fraction of sp³-hybridized carbons (Fsp3) is 0.896. The van der Waals surface area contributed by atoms with Crippen LogP contribution in [0.3, 0.4) is 0 Å². The molecule has 0 spiro atoms. The highest BCUT2D eigenvalue weighted by Gasteiger charge is 2.30. The van der Waals surface area contributed by atoms with Gasteiger partial charge in [0, 0.05) is 25.7 Å². The number of aliphatic hydroxyl groups excluding tert-OH is 1. The molecule has 17 nitrogen and oxygen atoms in total. The maximum atomic E-state index is 13.1. The van der Waals surface area contributed by atoms with Crippen molar-refractivity contribution in [1.82, 2.24) is 0 Å². The van der Waals surface area contributed by atoms with E-state index in [4.69, 9.17) is 37.0 Å². The Labute approximate surface area is 586 Å². The molecule has 0 amide bonds. The van der Waals surface area contributed by atoms with Gasteiger partial charge < -0.3 is 33.8 Å². The van der Waals surface area contributed by atoms with Crippen molar-refractivity contribution < 1.29 is 80.2 Å². The van der Waals surface area contributed by atoms with Crippen LogP contribution in [0, 0.1) is 11.8 Å². The standard InChI is InChI=1S/C77H146O17P2/c1-7-10-12-14-16-18-19-20-21-25-30-36-42-48-54-60-75(80)88-66-73(94-76(81)61-55-49-43-37-31-26-23-22-24-29-35-40-46-52-58-70(6)9-3)68-92-96(85,86)90-64-71(78)63-89-95(83,84)91-67-72(65-87-74(79)59-53-47-41-33-17-15-13-11-8-2)93-77(82)62-56-50-44-38-32-27-28-34-39-45-51-57-69(4)5/h18-21,69-73,78H,7-17,22-68H2,1-6H3,(H,83,84)(H,85,86)/b19-18-,21-20-/t70?,71-,72+,73+/m0/s1. The monoisotopic (exact) mass is 1410 g/mol. The van der Waals surface area contributed by atoms with Crippen molar-refractivity contribution in [3.63, 3.8) is 0 Å². The number of rotatable bonds is 74. The van der Waals surface area contributed by atoms with Crippen LogP contribution in [-0.4, -0.2) is 96.7 Å². The molecule has 0 aromatic rings. The minimum absolute atomic E-state index is 0.101. The van der Waals surface area contributed by atoms with Crippen LogP contribution in [-0.2, 0) is 65.4 Å². The first-order chi connectivity index (χ1) is 46.4. The Hall–Kier alpha value is -2.46. The number of carbonyl (C=O) groups excluding carboxylic acids is 4. The van der Waals surface area contributed by atoms with E-state index in [1.807, 2.05) is 0 Å². The van der Waals surface area contributed by atoms with Gasteiger partial charge in [-0.3, -0.25) is 37.3 Å². The second-order valence-electron chi connectivity index (χ2n) is 27.8. The van der Waals surface area contributed by atoms with Crippen molar-refractivity contribution in [2.24, 2.45) is 11.8 Å². The third-order valence-electron chi connectivity index (χ3n) is 17.7. The second-order valence-corrected chi connectivity index (χ2v) is 30.7. The summed E-state index contributed by atoms with van der Waals surface area (Å²) in [6.45, 7) is 9.57. The molecule has 0 fully saturated rings. The number of hydrogen-bond donors (Lipinski definition) is 3. The minimum atomic E-state index is -4.97. The van der Waals surface area contributed by atoms with Crippen LogP contribution in [0.4, 0.5) is 0 Å². The van der Waals surface area contributed by atoms with Gasteiger partial charge in [0.2, 0.25) is 0 Å². The molecule has 0 aromatic heterocycles. The van der Waals surface area contributed by atoms with Crippen molar-refractivity contribution in [3.05, 3.63) is 24.3 Å². The third-order valence-corrected chi connectivity index (χ3v) is 19.6. The van der Waals surface area contributed by atoms with Crippen LogP contribution in [0.2, 0.25) is 0 Å². The molecule has 3 unspecified atom stereocenters. The summed E-state index contributed by atoms with van der Waals surface area (Å²) in [6, 6.07) is 0. The third kappa shape index (κ3) is 68.7. The molecular weight excluding hydrogens is 1260 g/mol. The summed E-state index contributed by atoms with van der Waals surface area (Å²) in [7, 11) is -9.92. The number of ether oxygens (including phenoxy) is 4. The molecule has 96 heavy (non-hydrogen) atoms. The molecule has 0 rings (SSSR count). The van der Waals surface area contributed by atoms with Crippen LogP contribution in [0.15, 0.2) is 24.3 Å². The molecule has 3 N–H and O–H groups in total. The second kappa shape index (κ2) is 68.3. The normalized spacial score (nSPS) is 14.4. The SMILES string of the molecule is CCCCCC/C=C\C=C/CCCCCCCC(=O)OC[C@H](COP(=O)(O)OC[C@@H](O)COP(=O)(O)OC[C@@H](COC(=O)CCCCCCCCCCC)OC(=O)CCCCCCCCCCCCCC(C)C)OC(=O)CCCCCCCCCCCCCCCCC(C)CC. The summed E-state index contributed by atoms with van der Waals surface area (Å²) < 4.78 is 68.5. The fourth-order valence-electron chi connectivity index (χ4n) is 11.3. The zero-order valence-corrected chi connectivity index (χ0v) is 63.9. The van der Waals surface area contributed by atoms with Gasteiger partial charge in [-0.2, -0.15) is 0 Å². The van der Waals surface area contributed by atoms with Gasteiger partial charge in [0.05, 0.1) is 26.4 Å². The van der Waals surface area contributed by atoms with Gasteiger partial charge in [0.25, 0.3) is 0 Å². The van der Waals surface area contributed by atoms with Gasteiger partial charge in [-0.05, 0) is 63.2 Å². The summed E-state index contributed by atoms with van der Waals surface area (Å²) in [6.07, 6.45) is 58.9. The highest BCUT2D eigenvalue weighted by atomic mass is 31.2. The number of allylic oxidation sites excluding steroid dienone is 4. The first kappa shape index (κ1) is 93.5. The lowest BCUT2D eigenvalue weighted by atomic mass is 9.99. The quantitative estimate of drug-likeness (QED) is 0.0169. The Morgan fingerprint density at radius 3 is 0.938 bits per heavy atom. The summed E-state index contributed by atoms with van der Waals surface area (Å²) in [4.78, 5) is 72.8. The van der Waals surface area contributed by atoms with Crippen molar-refractivity contribution in [3.8, 4) is 0 Å². The Bertz CT molecular complexity index is 1950. The number of hydrogen-bond acceptors (Lipinski definition) is 15. The minimum Gasteiger partial charge on any atom is -0.462 e. The maximum absolute atomic E-state index is 13.1. The Balaban J connectivity index is 5.27. The van der Waals surface area contributed by atoms with Crippen LogP contribution in [0.1, 0.15) is 375 Å². The van der Waals surface area contributed by atoms with E-state index in [0.29, 0.717) is 25.7 Å². The largest absolute Gasteiger partial charge is 0.472 e. The lowest BCUT2D eigenvalue weighted by Gasteiger charge is -2.21. The van der Waals surface area contributed by atoms with Crippen LogP contribution in [0.25, 0.3) is 0 Å². The lowest BCUT2D eigenvalue weighted by molar-refractivity contribution is -0.161.